The average molecular weight is 782 g/mol. The molecule has 0 radical (unpaired) electrons. The lowest BCUT2D eigenvalue weighted by molar-refractivity contribution is -0.121. The molecule has 1 amide bonds. The third-order valence-corrected chi connectivity index (χ3v) is 8.95. The summed E-state index contributed by atoms with van der Waals surface area (Å²) in [7, 11) is 2.07. The zero-order valence-corrected chi connectivity index (χ0v) is 33.4. The number of nitrogens with zero attached hydrogens (tertiary/aromatic N) is 5. The summed E-state index contributed by atoms with van der Waals surface area (Å²) in [6.45, 7) is 9.35. The number of carbonyl (C=O) groups excluding carboxylic acids is 1. The molecule has 2 aromatic carbocycles. The Morgan fingerprint density at radius 1 is 0.964 bits per heavy atom. The molecule has 14 heteroatoms. The molecule has 302 valence electrons. The number of hydrazone groups is 1. The molecule has 0 spiro atoms. The summed E-state index contributed by atoms with van der Waals surface area (Å²) >= 11 is 6.47. The molecule has 0 atom stereocenters. The highest BCUT2D eigenvalue weighted by molar-refractivity contribution is 6.31. The van der Waals surface area contributed by atoms with Gasteiger partial charge < -0.3 is 44.6 Å². The van der Waals surface area contributed by atoms with Crippen LogP contribution in [0.5, 0.6) is 5.75 Å². The Labute approximate surface area is 332 Å². The van der Waals surface area contributed by atoms with Crippen molar-refractivity contribution in [3.05, 3.63) is 64.7 Å². The molecular formula is C41H60ClN7O6. The fraction of sp³-hybridized carbons (Fsp3) is 0.561. The minimum atomic E-state index is 0.0694. The molecule has 3 N–H and O–H groups in total. The van der Waals surface area contributed by atoms with Gasteiger partial charge in [-0.1, -0.05) is 37.1 Å². The van der Waals surface area contributed by atoms with Crippen molar-refractivity contribution in [2.45, 2.75) is 51.9 Å². The largest absolute Gasteiger partial charge is 0.491 e. The maximum absolute atomic E-state index is 11.5. The van der Waals surface area contributed by atoms with Gasteiger partial charge in [-0.3, -0.25) is 9.79 Å². The van der Waals surface area contributed by atoms with Gasteiger partial charge in [0, 0.05) is 54.7 Å². The van der Waals surface area contributed by atoms with Crippen LogP contribution in [0.4, 0.5) is 11.4 Å². The van der Waals surface area contributed by atoms with Gasteiger partial charge in [0.15, 0.2) is 0 Å². The number of halogens is 1. The van der Waals surface area contributed by atoms with Gasteiger partial charge >= 0.3 is 0 Å². The molecule has 3 rings (SSSR count). The van der Waals surface area contributed by atoms with E-state index in [1.807, 2.05) is 24.3 Å². The summed E-state index contributed by atoms with van der Waals surface area (Å²) in [5, 5.41) is 16.1. The number of ether oxygens (including phenoxy) is 5. The third-order valence-electron chi connectivity index (χ3n) is 8.71. The van der Waals surface area contributed by atoms with Crippen LogP contribution in [0.3, 0.4) is 0 Å². The number of aryl methyl sites for hydroxylation is 2. The van der Waals surface area contributed by atoms with Crippen LogP contribution in [0.25, 0.3) is 0 Å². The van der Waals surface area contributed by atoms with Gasteiger partial charge in [-0.2, -0.15) is 10.4 Å². The van der Waals surface area contributed by atoms with Crippen LogP contribution >= 0.6 is 11.6 Å². The van der Waals surface area contributed by atoms with Crippen LogP contribution in [0, 0.1) is 11.3 Å². The maximum atomic E-state index is 11.5. The lowest BCUT2D eigenvalue weighted by atomic mass is 10.0. The maximum Gasteiger partial charge on any atom is 0.220 e. The normalized spacial score (nSPS) is 12.9. The van der Waals surface area contributed by atoms with Gasteiger partial charge in [0.2, 0.25) is 5.91 Å². The number of nitriles is 1. The molecule has 1 heterocycles. The number of aliphatic imine (C=N–C) groups is 1. The standard InChI is InChI=1S/C41H60ClN7O6/c1-3-4-9-41(50)46-18-23-52-25-27-53-26-24-51-22-17-45-32-37(47-44)33-54-28-29-55-38-14-15-39-35(30-38)11-10-34-12-13-36(42)31-40(34)49(39)21-8-7-20-48(2)19-6-5-16-43/h5-6,12-15,30-32H,3-4,7-11,17-29,33,44H2,1-2H3,(H,46,50)/b6-5+,45-32?,47-37?. The fourth-order valence-corrected chi connectivity index (χ4v) is 5.97. The number of nitrogens with two attached hydrogens (primary N) is 1. The van der Waals surface area contributed by atoms with Crippen LogP contribution < -0.4 is 20.8 Å². The number of unbranched alkanes of at least 4 members (excludes halogenated alkanes) is 2. The fourth-order valence-electron chi connectivity index (χ4n) is 5.80. The van der Waals surface area contributed by atoms with Crippen molar-refractivity contribution in [3.63, 3.8) is 0 Å². The number of anilines is 2. The van der Waals surface area contributed by atoms with E-state index in [9.17, 15) is 4.79 Å². The van der Waals surface area contributed by atoms with E-state index >= 15 is 0 Å². The van der Waals surface area contributed by atoms with Gasteiger partial charge in [-0.25, -0.2) is 0 Å². The van der Waals surface area contributed by atoms with Crippen LogP contribution in [0.1, 0.15) is 50.2 Å². The first-order valence-electron chi connectivity index (χ1n) is 19.3. The second kappa shape index (κ2) is 28.4. The zero-order chi connectivity index (χ0) is 39.4. The molecule has 0 bridgehead atoms. The van der Waals surface area contributed by atoms with Crippen LogP contribution in [-0.2, 0) is 36.6 Å². The lowest BCUT2D eigenvalue weighted by Crippen LogP contribution is -2.27. The van der Waals surface area contributed by atoms with E-state index in [1.54, 1.807) is 6.21 Å². The number of hydrogen-bond acceptors (Lipinski definition) is 12. The summed E-state index contributed by atoms with van der Waals surface area (Å²) < 4.78 is 28.3. The molecule has 2 aromatic rings. The van der Waals surface area contributed by atoms with Gasteiger partial charge in [0.05, 0.1) is 65.5 Å². The molecular weight excluding hydrogens is 722 g/mol. The molecule has 1 aliphatic rings. The number of likely N-dealkylation sites (N-methyl/N-ethyl adjacent to an activating group) is 1. The van der Waals surface area contributed by atoms with Gasteiger partial charge in [-0.15, -0.1) is 0 Å². The van der Waals surface area contributed by atoms with Gasteiger partial charge in [-0.05, 0) is 87.2 Å². The van der Waals surface area contributed by atoms with Gasteiger partial charge in [0.1, 0.15) is 18.1 Å². The molecule has 0 saturated carbocycles. The lowest BCUT2D eigenvalue weighted by Gasteiger charge is -2.28. The highest BCUT2D eigenvalue weighted by Gasteiger charge is 2.21. The quantitative estimate of drug-likeness (QED) is 0.0355. The van der Waals surface area contributed by atoms with Gasteiger partial charge in [0.25, 0.3) is 0 Å². The Morgan fingerprint density at radius 2 is 1.73 bits per heavy atom. The van der Waals surface area contributed by atoms with Crippen LogP contribution in [-0.4, -0.2) is 122 Å². The number of amides is 1. The Bertz CT molecular complexity index is 1530. The number of fused-ring (bicyclic) bond motifs is 2. The van der Waals surface area contributed by atoms with Crippen LogP contribution in [0.15, 0.2) is 58.6 Å². The van der Waals surface area contributed by atoms with E-state index in [0.717, 1.165) is 74.6 Å². The minimum Gasteiger partial charge on any atom is -0.491 e. The smallest absolute Gasteiger partial charge is 0.220 e. The third kappa shape index (κ3) is 18.9. The summed E-state index contributed by atoms with van der Waals surface area (Å²) in [6, 6.07) is 14.5. The Kier molecular flexibility index (Phi) is 23.4. The molecule has 55 heavy (non-hydrogen) atoms. The van der Waals surface area contributed by atoms with Crippen molar-refractivity contribution in [3.8, 4) is 11.8 Å². The molecule has 0 saturated heterocycles. The second-order valence-corrected chi connectivity index (χ2v) is 13.5. The summed E-state index contributed by atoms with van der Waals surface area (Å²) in [5.74, 6) is 6.41. The number of nitrogens with one attached hydrogen (secondary N) is 1. The number of hydrogen-bond donors (Lipinski definition) is 2. The highest BCUT2D eigenvalue weighted by atomic mass is 35.5. The van der Waals surface area contributed by atoms with Crippen LogP contribution in [0.2, 0.25) is 5.02 Å². The van der Waals surface area contributed by atoms with Crippen molar-refractivity contribution in [1.82, 2.24) is 10.2 Å². The number of carbonyl (C=O) groups is 1. The monoisotopic (exact) mass is 781 g/mol. The molecule has 0 aromatic heterocycles. The second-order valence-electron chi connectivity index (χ2n) is 13.1. The predicted octanol–water partition coefficient (Wildman–Crippen LogP) is 5.51. The number of allylic oxidation sites excluding steroid dienone is 1. The van der Waals surface area contributed by atoms with Crippen molar-refractivity contribution in [2.24, 2.45) is 15.9 Å². The molecule has 13 nitrogen and oxygen atoms in total. The van der Waals surface area contributed by atoms with Crippen molar-refractivity contribution in [1.29, 1.82) is 5.26 Å². The molecule has 0 aliphatic carbocycles. The Morgan fingerprint density at radius 3 is 2.51 bits per heavy atom. The molecule has 0 fully saturated rings. The molecule has 1 aliphatic heterocycles. The predicted molar refractivity (Wildman–Crippen MR) is 220 cm³/mol. The topological polar surface area (TPSA) is 156 Å². The van der Waals surface area contributed by atoms with E-state index in [4.69, 9.17) is 46.4 Å². The summed E-state index contributed by atoms with van der Waals surface area (Å²) in [5.41, 5.74) is 5.38. The SMILES string of the molecule is CCCCC(=O)NCCOCCOCCOCCN=CC(COCCOc1ccc2c(c1)CCc1ccc(Cl)cc1N2CCCCN(C)C/C=C/C#N)=NN. The minimum absolute atomic E-state index is 0.0694. The first-order chi connectivity index (χ1) is 26.9. The van der Waals surface area contributed by atoms with Crippen molar-refractivity contribution < 1.29 is 28.5 Å². The van der Waals surface area contributed by atoms with E-state index in [-0.39, 0.29) is 12.5 Å². The Balaban J connectivity index is 1.30. The van der Waals surface area contributed by atoms with Crippen molar-refractivity contribution >= 4 is 40.8 Å². The molecule has 0 unspecified atom stereocenters. The van der Waals surface area contributed by atoms with E-state index in [1.165, 1.54) is 22.9 Å². The van der Waals surface area contributed by atoms with Crippen molar-refractivity contribution in [2.75, 3.05) is 104 Å². The van der Waals surface area contributed by atoms with E-state index < -0.39 is 0 Å². The summed E-state index contributed by atoms with van der Waals surface area (Å²) in [6.07, 6.45) is 11.4. The number of rotatable bonds is 29. The van der Waals surface area contributed by atoms with E-state index in [2.05, 4.69) is 63.4 Å². The first kappa shape index (κ1) is 45.4. The average Bonchev–Trinajstić information content (AvgIpc) is 3.33. The Hall–Kier alpha value is -4.03. The zero-order valence-electron chi connectivity index (χ0n) is 32.7. The number of benzene rings is 2. The first-order valence-corrected chi connectivity index (χ1v) is 19.7. The highest BCUT2D eigenvalue weighted by Crippen LogP contribution is 2.39. The summed E-state index contributed by atoms with van der Waals surface area (Å²) in [4.78, 5) is 20.5. The van der Waals surface area contributed by atoms with E-state index in [0.29, 0.717) is 78.1 Å².